The Kier molecular flexibility index (Phi) is 2.32. The van der Waals surface area contributed by atoms with Crippen molar-refractivity contribution in [3.8, 4) is 0 Å². The van der Waals surface area contributed by atoms with E-state index in [2.05, 4.69) is 9.68 Å². The summed E-state index contributed by atoms with van der Waals surface area (Å²) in [5, 5.41) is 3.42. The van der Waals surface area contributed by atoms with Gasteiger partial charge in [0.2, 0.25) is 0 Å². The Morgan fingerprint density at radius 1 is 1.75 bits per heavy atom. The van der Waals surface area contributed by atoms with Crippen LogP contribution >= 0.6 is 0 Å². The number of aryl methyl sites for hydroxylation is 1. The third-order valence-electron chi connectivity index (χ3n) is 1.37. The van der Waals surface area contributed by atoms with E-state index in [-0.39, 0.29) is 11.4 Å². The van der Waals surface area contributed by atoms with Crippen LogP contribution in [0.25, 0.3) is 0 Å². The number of carbonyl (C=O) groups excluding carboxylic acids is 1. The van der Waals surface area contributed by atoms with Crippen LogP contribution in [0.4, 0.5) is 5.82 Å². The highest BCUT2D eigenvalue weighted by Gasteiger charge is 2.18. The minimum absolute atomic E-state index is 0.0750. The molecule has 0 amide bonds. The molecule has 12 heavy (non-hydrogen) atoms. The van der Waals surface area contributed by atoms with E-state index in [9.17, 15) is 4.79 Å². The van der Waals surface area contributed by atoms with Gasteiger partial charge in [0.15, 0.2) is 5.82 Å². The molecule has 0 aliphatic carbocycles. The summed E-state index contributed by atoms with van der Waals surface area (Å²) in [7, 11) is 0. The second-order valence-electron chi connectivity index (χ2n) is 2.22. The summed E-state index contributed by atoms with van der Waals surface area (Å²) < 4.78 is 9.42. The fourth-order valence-electron chi connectivity index (χ4n) is 0.841. The van der Waals surface area contributed by atoms with Crippen molar-refractivity contribution in [2.75, 3.05) is 12.3 Å². The largest absolute Gasteiger partial charge is 0.462 e. The molecule has 0 radical (unpaired) electrons. The smallest absolute Gasteiger partial charge is 0.345 e. The summed E-state index contributed by atoms with van der Waals surface area (Å²) in [5.41, 5.74) is 5.59. The number of esters is 1. The first-order valence-electron chi connectivity index (χ1n) is 3.55. The second-order valence-corrected chi connectivity index (χ2v) is 2.22. The molecule has 5 nitrogen and oxygen atoms in total. The molecule has 0 unspecified atom stereocenters. The van der Waals surface area contributed by atoms with Crippen LogP contribution in [-0.4, -0.2) is 17.7 Å². The van der Waals surface area contributed by atoms with Crippen LogP contribution in [0.3, 0.4) is 0 Å². The van der Waals surface area contributed by atoms with Gasteiger partial charge in [-0.15, -0.1) is 0 Å². The van der Waals surface area contributed by atoms with Gasteiger partial charge in [0.1, 0.15) is 11.3 Å². The zero-order chi connectivity index (χ0) is 9.14. The molecule has 0 aliphatic rings. The summed E-state index contributed by atoms with van der Waals surface area (Å²) in [6, 6.07) is 0. The van der Waals surface area contributed by atoms with Crippen LogP contribution < -0.4 is 5.73 Å². The molecule has 0 fully saturated rings. The van der Waals surface area contributed by atoms with Crippen molar-refractivity contribution in [3.05, 3.63) is 11.3 Å². The second kappa shape index (κ2) is 3.25. The minimum Gasteiger partial charge on any atom is -0.462 e. The van der Waals surface area contributed by atoms with Crippen molar-refractivity contribution in [2.45, 2.75) is 13.8 Å². The average Bonchev–Trinajstić information content (AvgIpc) is 2.32. The number of anilines is 1. The van der Waals surface area contributed by atoms with Gasteiger partial charge in [0.25, 0.3) is 0 Å². The monoisotopic (exact) mass is 170 g/mol. The molecule has 0 saturated heterocycles. The van der Waals surface area contributed by atoms with Gasteiger partial charge in [0, 0.05) is 0 Å². The number of carbonyl (C=O) groups is 1. The predicted octanol–water partition coefficient (Wildman–Crippen LogP) is 0.742. The molecule has 5 heteroatoms. The first kappa shape index (κ1) is 8.58. The highest BCUT2D eigenvalue weighted by molar-refractivity contribution is 5.94. The van der Waals surface area contributed by atoms with Gasteiger partial charge in [-0.25, -0.2) is 4.79 Å². The van der Waals surface area contributed by atoms with Crippen molar-refractivity contribution in [3.63, 3.8) is 0 Å². The Balaban J connectivity index is 2.93. The summed E-state index contributed by atoms with van der Waals surface area (Å²) in [6.07, 6.45) is 0. The first-order chi connectivity index (χ1) is 5.66. The molecule has 0 spiro atoms. The number of hydrogen-bond acceptors (Lipinski definition) is 5. The Morgan fingerprint density at radius 2 is 2.42 bits per heavy atom. The lowest BCUT2D eigenvalue weighted by molar-refractivity contribution is 0.0525. The van der Waals surface area contributed by atoms with Crippen LogP contribution in [0, 0.1) is 6.92 Å². The molecule has 1 rings (SSSR count). The third-order valence-corrected chi connectivity index (χ3v) is 1.37. The molecule has 2 N–H and O–H groups in total. The summed E-state index contributed by atoms with van der Waals surface area (Å²) >= 11 is 0. The first-order valence-corrected chi connectivity index (χ1v) is 3.55. The Morgan fingerprint density at radius 3 is 2.83 bits per heavy atom. The standard InChI is InChI=1S/C7H10N2O3/c1-3-11-7(10)5-4(2)12-9-6(5)8/h3H2,1-2H3,(H2,8,9). The van der Waals surface area contributed by atoms with Crippen LogP contribution in [-0.2, 0) is 4.74 Å². The van der Waals surface area contributed by atoms with Gasteiger partial charge in [-0.3, -0.25) is 0 Å². The van der Waals surface area contributed by atoms with E-state index in [4.69, 9.17) is 10.5 Å². The number of rotatable bonds is 2. The maximum absolute atomic E-state index is 11.1. The molecule has 0 aliphatic heterocycles. The van der Waals surface area contributed by atoms with E-state index in [0.29, 0.717) is 12.4 Å². The Labute approximate surface area is 69.5 Å². The highest BCUT2D eigenvalue weighted by atomic mass is 16.5. The third kappa shape index (κ3) is 1.39. The van der Waals surface area contributed by atoms with Crippen LogP contribution in [0.15, 0.2) is 4.52 Å². The van der Waals surface area contributed by atoms with E-state index in [0.717, 1.165) is 0 Å². The van der Waals surface area contributed by atoms with Crippen LogP contribution in [0.2, 0.25) is 0 Å². The molecular weight excluding hydrogens is 160 g/mol. The van der Waals surface area contributed by atoms with Gasteiger partial charge in [-0.1, -0.05) is 5.16 Å². The molecule has 1 aromatic rings. The van der Waals surface area contributed by atoms with Crippen molar-refractivity contribution in [2.24, 2.45) is 0 Å². The number of hydrogen-bond donors (Lipinski definition) is 1. The Hall–Kier alpha value is -1.52. The van der Waals surface area contributed by atoms with E-state index in [1.54, 1.807) is 13.8 Å². The van der Waals surface area contributed by atoms with Gasteiger partial charge >= 0.3 is 5.97 Å². The molecule has 0 aromatic carbocycles. The molecule has 0 saturated carbocycles. The van der Waals surface area contributed by atoms with Crippen molar-refractivity contribution >= 4 is 11.8 Å². The fraction of sp³-hybridized carbons (Fsp3) is 0.429. The SMILES string of the molecule is CCOC(=O)c1c(N)noc1C. The van der Waals surface area contributed by atoms with Crippen molar-refractivity contribution in [1.29, 1.82) is 0 Å². The van der Waals surface area contributed by atoms with E-state index < -0.39 is 5.97 Å². The molecule has 0 atom stereocenters. The number of aromatic nitrogens is 1. The lowest BCUT2D eigenvalue weighted by Gasteiger charge is -1.98. The van der Waals surface area contributed by atoms with E-state index in [1.807, 2.05) is 0 Å². The topological polar surface area (TPSA) is 78.4 Å². The number of nitrogens with zero attached hydrogens (tertiary/aromatic N) is 1. The van der Waals surface area contributed by atoms with Crippen LogP contribution in [0.1, 0.15) is 23.0 Å². The predicted molar refractivity (Wildman–Crippen MR) is 41.6 cm³/mol. The van der Waals surface area contributed by atoms with Gasteiger partial charge < -0.3 is 15.0 Å². The average molecular weight is 170 g/mol. The molecular formula is C7H10N2O3. The minimum atomic E-state index is -0.492. The molecule has 1 aromatic heterocycles. The van der Waals surface area contributed by atoms with Crippen LogP contribution in [0.5, 0.6) is 0 Å². The highest BCUT2D eigenvalue weighted by Crippen LogP contribution is 2.15. The van der Waals surface area contributed by atoms with E-state index in [1.165, 1.54) is 0 Å². The summed E-state index contributed by atoms with van der Waals surface area (Å²) in [5.74, 6) is -0.0364. The van der Waals surface area contributed by atoms with Gasteiger partial charge in [-0.05, 0) is 13.8 Å². The van der Waals surface area contributed by atoms with Crippen molar-refractivity contribution in [1.82, 2.24) is 5.16 Å². The zero-order valence-corrected chi connectivity index (χ0v) is 6.96. The van der Waals surface area contributed by atoms with E-state index >= 15 is 0 Å². The Bertz CT molecular complexity index is 273. The quantitative estimate of drug-likeness (QED) is 0.662. The number of nitrogens with two attached hydrogens (primary N) is 1. The lowest BCUT2D eigenvalue weighted by Crippen LogP contribution is -2.07. The number of nitrogen functional groups attached to an aromatic ring is 1. The molecule has 66 valence electrons. The van der Waals surface area contributed by atoms with Gasteiger partial charge in [0.05, 0.1) is 6.61 Å². The lowest BCUT2D eigenvalue weighted by atomic mass is 10.2. The fourth-order valence-corrected chi connectivity index (χ4v) is 0.841. The molecule has 0 bridgehead atoms. The normalized spacial score (nSPS) is 9.83. The maximum atomic E-state index is 11.1. The van der Waals surface area contributed by atoms with Crippen molar-refractivity contribution < 1.29 is 14.1 Å². The summed E-state index contributed by atoms with van der Waals surface area (Å²) in [4.78, 5) is 11.1. The number of ether oxygens (including phenoxy) is 1. The molecule has 1 heterocycles. The zero-order valence-electron chi connectivity index (χ0n) is 6.96. The van der Waals surface area contributed by atoms with Gasteiger partial charge in [-0.2, -0.15) is 0 Å². The maximum Gasteiger partial charge on any atom is 0.345 e. The summed E-state index contributed by atoms with van der Waals surface area (Å²) in [6.45, 7) is 3.63.